The molecule has 1 atom stereocenters. The van der Waals surface area contributed by atoms with Crippen molar-refractivity contribution in [1.29, 1.82) is 0 Å². The molecular weight excluding hydrogens is 795 g/mol. The van der Waals surface area contributed by atoms with Crippen LogP contribution in [-0.4, -0.2) is 5.75 Å². The number of allylic oxidation sites excluding steroid dienone is 10. The Bertz CT molecular complexity index is 2930. The summed E-state index contributed by atoms with van der Waals surface area (Å²) in [5.41, 5.74) is 10.9. The Morgan fingerprint density at radius 1 is 0.574 bits per heavy atom. The van der Waals surface area contributed by atoms with Crippen LogP contribution in [0.4, 0.5) is 11.4 Å². The van der Waals surface area contributed by atoms with Gasteiger partial charge in [0.05, 0.1) is 0 Å². The van der Waals surface area contributed by atoms with Crippen LogP contribution < -0.4 is 4.90 Å². The minimum absolute atomic E-state index is 0.264. The summed E-state index contributed by atoms with van der Waals surface area (Å²) in [6.45, 7) is 8.86. The zero-order valence-electron chi connectivity index (χ0n) is 34.2. The van der Waals surface area contributed by atoms with E-state index in [2.05, 4.69) is 200 Å². The Hall–Kier alpha value is -5.91. The molecule has 8 aromatic rings. The summed E-state index contributed by atoms with van der Waals surface area (Å²) in [4.78, 5) is 3.61. The van der Waals surface area contributed by atoms with Crippen molar-refractivity contribution >= 4 is 86.2 Å². The highest BCUT2D eigenvalue weighted by Crippen LogP contribution is 2.44. The number of thioether (sulfide) groups is 1. The van der Waals surface area contributed by atoms with E-state index in [0.29, 0.717) is 0 Å². The number of thiophene rings is 2. The van der Waals surface area contributed by atoms with E-state index in [9.17, 15) is 0 Å². The molecule has 0 saturated carbocycles. The summed E-state index contributed by atoms with van der Waals surface area (Å²) in [6.07, 6.45) is 23.4. The molecule has 2 aliphatic rings. The Labute approximate surface area is 371 Å². The van der Waals surface area contributed by atoms with Gasteiger partial charge in [0.2, 0.25) is 0 Å². The lowest BCUT2D eigenvalue weighted by Crippen LogP contribution is -2.15. The van der Waals surface area contributed by atoms with Crippen LogP contribution in [0.25, 0.3) is 62.6 Å². The molecule has 1 nitrogen and oxygen atoms in total. The van der Waals surface area contributed by atoms with Crippen LogP contribution in [0.2, 0.25) is 0 Å². The van der Waals surface area contributed by atoms with E-state index in [0.717, 1.165) is 54.8 Å². The van der Waals surface area contributed by atoms with Crippen LogP contribution in [0.15, 0.2) is 217 Å². The molecule has 1 aliphatic carbocycles. The summed E-state index contributed by atoms with van der Waals surface area (Å²) >= 11 is 5.67. The average molecular weight is 842 g/mol. The Morgan fingerprint density at radius 3 is 1.79 bits per heavy atom. The molecule has 0 bridgehead atoms. The SMILES string of the molecule is C=C1/C=C\CCCSC(=C)/C([C@@H]2C=CC(N(c3ccc(-c4cccc5c4sc4ccccc45)cc3)c3ccc(-c4cccc5c4sc4ccccc45)cc3)=CCC2)=C\C=C/C1. The maximum atomic E-state index is 4.61. The van der Waals surface area contributed by atoms with Crippen molar-refractivity contribution in [2.45, 2.75) is 32.1 Å². The van der Waals surface area contributed by atoms with Gasteiger partial charge in [0.1, 0.15) is 0 Å². The normalized spacial score (nSPS) is 18.5. The molecule has 298 valence electrons. The number of rotatable bonds is 6. The molecule has 0 radical (unpaired) electrons. The highest BCUT2D eigenvalue weighted by molar-refractivity contribution is 8.03. The summed E-state index contributed by atoms with van der Waals surface area (Å²) < 4.78 is 5.33. The monoisotopic (exact) mass is 841 g/mol. The lowest BCUT2D eigenvalue weighted by atomic mass is 9.93. The fourth-order valence-electron chi connectivity index (χ4n) is 8.80. The lowest BCUT2D eigenvalue weighted by Gasteiger charge is -2.27. The molecule has 4 heteroatoms. The van der Waals surface area contributed by atoms with Gasteiger partial charge in [-0.2, -0.15) is 0 Å². The zero-order chi connectivity index (χ0) is 41.1. The fourth-order valence-corrected chi connectivity index (χ4v) is 12.2. The van der Waals surface area contributed by atoms with Gasteiger partial charge in [-0.15, -0.1) is 34.4 Å². The number of hydrogen-bond acceptors (Lipinski definition) is 4. The third-order valence-electron chi connectivity index (χ3n) is 11.9. The van der Waals surface area contributed by atoms with Crippen molar-refractivity contribution in [3.05, 3.63) is 217 Å². The number of nitrogens with zero attached hydrogens (tertiary/aromatic N) is 1. The summed E-state index contributed by atoms with van der Waals surface area (Å²) in [5, 5.41) is 5.30. The van der Waals surface area contributed by atoms with Gasteiger partial charge in [-0.25, -0.2) is 0 Å². The molecule has 0 unspecified atom stereocenters. The third kappa shape index (κ3) is 8.04. The second-order valence-electron chi connectivity index (χ2n) is 15.9. The summed E-state index contributed by atoms with van der Waals surface area (Å²) in [5.74, 6) is 1.32. The largest absolute Gasteiger partial charge is 0.311 e. The second-order valence-corrected chi connectivity index (χ2v) is 19.2. The topological polar surface area (TPSA) is 3.24 Å². The molecule has 6 aromatic carbocycles. The molecule has 0 amide bonds. The summed E-state index contributed by atoms with van der Waals surface area (Å²) in [6, 6.07) is 49.4. The van der Waals surface area contributed by atoms with E-state index < -0.39 is 0 Å². The predicted molar refractivity (Wildman–Crippen MR) is 273 cm³/mol. The quantitative estimate of drug-likeness (QED) is 0.164. The van der Waals surface area contributed by atoms with Crippen molar-refractivity contribution in [1.82, 2.24) is 0 Å². The minimum atomic E-state index is 0.264. The first kappa shape index (κ1) is 39.2. The molecule has 0 saturated heterocycles. The van der Waals surface area contributed by atoms with E-state index in [1.807, 2.05) is 34.4 Å². The highest BCUT2D eigenvalue weighted by Gasteiger charge is 2.21. The first-order valence-corrected chi connectivity index (χ1v) is 23.9. The Morgan fingerprint density at radius 2 is 1.16 bits per heavy atom. The van der Waals surface area contributed by atoms with E-state index in [-0.39, 0.29) is 5.92 Å². The van der Waals surface area contributed by atoms with E-state index in [1.165, 1.54) is 78.8 Å². The van der Waals surface area contributed by atoms with Gasteiger partial charge in [-0.3, -0.25) is 0 Å². The van der Waals surface area contributed by atoms with Crippen LogP contribution in [0.5, 0.6) is 0 Å². The Kier molecular flexibility index (Phi) is 11.3. The van der Waals surface area contributed by atoms with Crippen LogP contribution in [0.3, 0.4) is 0 Å². The van der Waals surface area contributed by atoms with E-state index in [4.69, 9.17) is 0 Å². The Balaban J connectivity index is 1.02. The van der Waals surface area contributed by atoms with Gasteiger partial charge in [0, 0.05) is 68.2 Å². The third-order valence-corrected chi connectivity index (χ3v) is 15.4. The van der Waals surface area contributed by atoms with E-state index >= 15 is 0 Å². The van der Waals surface area contributed by atoms with E-state index in [1.54, 1.807) is 0 Å². The zero-order valence-corrected chi connectivity index (χ0v) is 36.7. The van der Waals surface area contributed by atoms with Crippen molar-refractivity contribution < 1.29 is 0 Å². The van der Waals surface area contributed by atoms with Crippen molar-refractivity contribution in [3.63, 3.8) is 0 Å². The number of hydrogen-bond donors (Lipinski definition) is 0. The van der Waals surface area contributed by atoms with Gasteiger partial charge in [0.25, 0.3) is 0 Å². The molecule has 0 N–H and O–H groups in total. The highest BCUT2D eigenvalue weighted by atomic mass is 32.2. The van der Waals surface area contributed by atoms with Crippen LogP contribution in [-0.2, 0) is 0 Å². The molecule has 10 rings (SSSR count). The van der Waals surface area contributed by atoms with Gasteiger partial charge in [-0.1, -0.05) is 158 Å². The molecule has 0 spiro atoms. The van der Waals surface area contributed by atoms with Crippen molar-refractivity contribution in [2.24, 2.45) is 5.92 Å². The van der Waals surface area contributed by atoms with Crippen molar-refractivity contribution in [3.8, 4) is 22.3 Å². The maximum Gasteiger partial charge on any atom is 0.0461 e. The molecule has 0 fully saturated rings. The van der Waals surface area contributed by atoms with Crippen molar-refractivity contribution in [2.75, 3.05) is 10.7 Å². The fraction of sp³-hybridized carbons (Fsp3) is 0.123. The number of anilines is 2. The smallest absolute Gasteiger partial charge is 0.0461 e. The molecule has 3 heterocycles. The van der Waals surface area contributed by atoms with Gasteiger partial charge < -0.3 is 4.90 Å². The van der Waals surface area contributed by atoms with Gasteiger partial charge in [-0.05, 0) is 108 Å². The second kappa shape index (κ2) is 17.6. The maximum absolute atomic E-state index is 4.61. The standard InChI is InChI=1S/C57H47NS3/c1-39-15-4-3-11-38-59-40(2)47(19-6-5-16-39)41-17-12-18-44(33-28-41)58(45-34-29-42(30-35-45)48-22-13-24-52-50-20-7-9-26-54(50)60-56(48)52)46-36-31-43(32-37-46)49-23-14-25-53-51-21-8-10-27-55(51)61-57(49)53/h4-10,13-15,18-37,41H,1-3,11-12,16-17,38H2/b6-5-,15-4-,47-19+/t41-/m0/s1. The predicted octanol–water partition coefficient (Wildman–Crippen LogP) is 17.8. The van der Waals surface area contributed by atoms with Gasteiger partial charge >= 0.3 is 0 Å². The lowest BCUT2D eigenvalue weighted by molar-refractivity contribution is 0.700. The van der Waals surface area contributed by atoms with Crippen LogP contribution in [0.1, 0.15) is 32.1 Å². The number of fused-ring (bicyclic) bond motifs is 6. The molecule has 1 aliphatic heterocycles. The van der Waals surface area contributed by atoms with Crippen LogP contribution >= 0.6 is 34.4 Å². The molecular formula is C57H47NS3. The summed E-state index contributed by atoms with van der Waals surface area (Å²) in [7, 11) is 0. The minimum Gasteiger partial charge on any atom is -0.311 e. The molecule has 2 aromatic heterocycles. The molecule has 61 heavy (non-hydrogen) atoms. The number of benzene rings is 6. The first-order valence-electron chi connectivity index (χ1n) is 21.3. The van der Waals surface area contributed by atoms with Gasteiger partial charge in [0.15, 0.2) is 0 Å². The first-order chi connectivity index (χ1) is 30.1. The average Bonchev–Trinajstić information content (AvgIpc) is 3.79. The van der Waals surface area contributed by atoms with Crippen LogP contribution in [0, 0.1) is 5.92 Å².